The van der Waals surface area contributed by atoms with E-state index >= 15 is 0 Å². The highest BCUT2D eigenvalue weighted by Crippen LogP contribution is 2.29. The summed E-state index contributed by atoms with van der Waals surface area (Å²) in [6.07, 6.45) is 4.75. The van der Waals surface area contributed by atoms with E-state index in [0.717, 1.165) is 23.3 Å². The minimum absolute atomic E-state index is 0. The molecule has 1 aliphatic heterocycles. The fraction of sp³-hybridized carbons (Fsp3) is 0.682. The van der Waals surface area contributed by atoms with Gasteiger partial charge in [-0.3, -0.25) is 0 Å². The molecule has 0 aromatic heterocycles. The van der Waals surface area contributed by atoms with Crippen LogP contribution in [0.1, 0.15) is 51.5 Å². The van der Waals surface area contributed by atoms with Crippen LogP contribution < -0.4 is 15.5 Å². The lowest BCUT2D eigenvalue weighted by Gasteiger charge is -2.31. The van der Waals surface area contributed by atoms with Gasteiger partial charge in [0.2, 0.25) is 0 Å². The van der Waals surface area contributed by atoms with Crippen LogP contribution in [-0.2, 0) is 6.54 Å². The fourth-order valence-electron chi connectivity index (χ4n) is 4.15. The topological polar surface area (TPSA) is 59.9 Å². The average Bonchev–Trinajstić information content (AvgIpc) is 3.14. The summed E-state index contributed by atoms with van der Waals surface area (Å²) in [4.78, 5) is 6.71. The minimum Gasteiger partial charge on any atom is -0.393 e. The van der Waals surface area contributed by atoms with Crippen molar-refractivity contribution in [3.8, 4) is 0 Å². The lowest BCUT2D eigenvalue weighted by molar-refractivity contribution is 0.145. The first-order valence-corrected chi connectivity index (χ1v) is 12.0. The maximum absolute atomic E-state index is 14.7. The van der Waals surface area contributed by atoms with Crippen molar-refractivity contribution in [1.82, 2.24) is 10.6 Å². The Bertz CT molecular complexity index is 685. The summed E-state index contributed by atoms with van der Waals surface area (Å²) in [5.41, 5.74) is 1.49. The van der Waals surface area contributed by atoms with Gasteiger partial charge in [-0.05, 0) is 62.5 Å². The Morgan fingerprint density at radius 1 is 1.23 bits per heavy atom. The Hall–Kier alpha value is -0.740. The van der Waals surface area contributed by atoms with Gasteiger partial charge in [-0.15, -0.1) is 24.0 Å². The first-order valence-electron chi connectivity index (χ1n) is 11.0. The van der Waals surface area contributed by atoms with Gasteiger partial charge in [0.1, 0.15) is 5.82 Å². The zero-order valence-electron chi connectivity index (χ0n) is 18.1. The van der Waals surface area contributed by atoms with Gasteiger partial charge in [0.15, 0.2) is 5.96 Å². The zero-order chi connectivity index (χ0) is 20.6. The lowest BCUT2D eigenvalue weighted by atomic mass is 10.1. The minimum atomic E-state index is -0.254. The van der Waals surface area contributed by atoms with Gasteiger partial charge in [-0.1, -0.05) is 13.0 Å². The van der Waals surface area contributed by atoms with Gasteiger partial charge in [0, 0.05) is 30.9 Å². The predicted molar refractivity (Wildman–Crippen MR) is 137 cm³/mol. The number of aliphatic hydroxyl groups is 1. The summed E-state index contributed by atoms with van der Waals surface area (Å²) in [5.74, 6) is 1.78. The number of aliphatic imine (C=N–C) groups is 1. The second-order valence-electron chi connectivity index (χ2n) is 7.93. The van der Waals surface area contributed by atoms with E-state index in [0.29, 0.717) is 44.2 Å². The van der Waals surface area contributed by atoms with Gasteiger partial charge in [0.05, 0.1) is 18.3 Å². The molecule has 1 saturated carbocycles. The van der Waals surface area contributed by atoms with Crippen molar-refractivity contribution in [2.45, 2.75) is 69.9 Å². The molecular weight excluding hydrogens is 514 g/mol. The third-order valence-corrected chi connectivity index (χ3v) is 6.94. The summed E-state index contributed by atoms with van der Waals surface area (Å²) >= 11 is 2.05. The predicted octanol–water partition coefficient (Wildman–Crippen LogP) is 4.13. The molecule has 1 saturated heterocycles. The summed E-state index contributed by atoms with van der Waals surface area (Å²) < 4.78 is 14.7. The highest BCUT2D eigenvalue weighted by molar-refractivity contribution is 14.0. The number of halogens is 2. The monoisotopic (exact) mass is 550 g/mol. The largest absolute Gasteiger partial charge is 0.393 e. The number of hydrogen-bond donors (Lipinski definition) is 3. The Kier molecular flexibility index (Phi) is 11.0. The number of benzene rings is 1. The Morgan fingerprint density at radius 2 is 2.00 bits per heavy atom. The van der Waals surface area contributed by atoms with Gasteiger partial charge < -0.3 is 20.6 Å². The molecule has 0 spiro atoms. The molecule has 3 rings (SSSR count). The molecule has 1 heterocycles. The van der Waals surface area contributed by atoms with Crippen LogP contribution in [0.15, 0.2) is 23.2 Å². The molecule has 170 valence electrons. The first kappa shape index (κ1) is 25.5. The average molecular weight is 551 g/mol. The van der Waals surface area contributed by atoms with E-state index in [1.54, 1.807) is 6.07 Å². The Balaban J connectivity index is 0.00000320. The third kappa shape index (κ3) is 7.44. The van der Waals surface area contributed by atoms with E-state index in [2.05, 4.69) is 29.5 Å². The van der Waals surface area contributed by atoms with Crippen LogP contribution in [0.2, 0.25) is 0 Å². The van der Waals surface area contributed by atoms with E-state index in [1.165, 1.54) is 25.0 Å². The standard InChI is InChI=1S/C22H35FN4OS.HI/c1-3-24-22(26-17-6-7-19(14-17)29-4-2)25-15-16-5-8-21(20(23)13-16)27-11-9-18(28)10-12-27;/h5,8,13,17-19,28H,3-4,6-7,9-12,14-15H2,1-2H3,(H2,24,25,26);1H. The summed E-state index contributed by atoms with van der Waals surface area (Å²) in [6.45, 7) is 6.93. The molecule has 1 aromatic rings. The van der Waals surface area contributed by atoms with E-state index in [4.69, 9.17) is 0 Å². The van der Waals surface area contributed by atoms with Gasteiger partial charge >= 0.3 is 0 Å². The molecule has 30 heavy (non-hydrogen) atoms. The van der Waals surface area contributed by atoms with Crippen LogP contribution in [0.5, 0.6) is 0 Å². The van der Waals surface area contributed by atoms with Crippen molar-refractivity contribution in [3.63, 3.8) is 0 Å². The summed E-state index contributed by atoms with van der Waals surface area (Å²) in [7, 11) is 0. The van der Waals surface area contributed by atoms with Gasteiger partial charge in [-0.25, -0.2) is 9.38 Å². The maximum atomic E-state index is 14.7. The van der Waals surface area contributed by atoms with Crippen LogP contribution in [-0.4, -0.2) is 53.8 Å². The lowest BCUT2D eigenvalue weighted by Crippen LogP contribution is -2.42. The molecule has 2 fully saturated rings. The Labute approximate surface area is 201 Å². The maximum Gasteiger partial charge on any atom is 0.191 e. The van der Waals surface area contributed by atoms with Crippen LogP contribution in [0, 0.1) is 5.82 Å². The van der Waals surface area contributed by atoms with Crippen molar-refractivity contribution in [2.24, 2.45) is 4.99 Å². The highest BCUT2D eigenvalue weighted by Gasteiger charge is 2.25. The number of nitrogens with one attached hydrogen (secondary N) is 2. The van der Waals surface area contributed by atoms with Gasteiger partial charge in [-0.2, -0.15) is 11.8 Å². The van der Waals surface area contributed by atoms with Crippen LogP contribution >= 0.6 is 35.7 Å². The van der Waals surface area contributed by atoms with E-state index in [9.17, 15) is 9.50 Å². The number of guanidine groups is 1. The summed E-state index contributed by atoms with van der Waals surface area (Å²) in [6, 6.07) is 5.86. The smallest absolute Gasteiger partial charge is 0.191 e. The molecule has 0 bridgehead atoms. The normalized spacial score (nSPS) is 22.7. The quantitative estimate of drug-likeness (QED) is 0.271. The van der Waals surface area contributed by atoms with Crippen molar-refractivity contribution < 1.29 is 9.50 Å². The fourth-order valence-corrected chi connectivity index (χ4v) is 5.30. The third-order valence-electron chi connectivity index (χ3n) is 5.71. The molecule has 2 aliphatic rings. The van der Waals surface area contributed by atoms with Crippen LogP contribution in [0.25, 0.3) is 0 Å². The number of thioether (sulfide) groups is 1. The van der Waals surface area contributed by atoms with Crippen LogP contribution in [0.4, 0.5) is 10.1 Å². The van der Waals surface area contributed by atoms with Crippen molar-refractivity contribution in [2.75, 3.05) is 30.3 Å². The molecule has 5 nitrogen and oxygen atoms in total. The molecule has 2 atom stereocenters. The number of piperidine rings is 1. The number of anilines is 1. The van der Waals surface area contributed by atoms with Crippen molar-refractivity contribution >= 4 is 47.4 Å². The van der Waals surface area contributed by atoms with Crippen molar-refractivity contribution in [3.05, 3.63) is 29.6 Å². The zero-order valence-corrected chi connectivity index (χ0v) is 21.2. The molecule has 0 radical (unpaired) electrons. The van der Waals surface area contributed by atoms with E-state index in [-0.39, 0.29) is 35.9 Å². The first-order chi connectivity index (χ1) is 14.1. The molecule has 1 aromatic carbocycles. The van der Waals surface area contributed by atoms with Crippen LogP contribution in [0.3, 0.4) is 0 Å². The summed E-state index contributed by atoms with van der Waals surface area (Å²) in [5, 5.41) is 17.3. The van der Waals surface area contributed by atoms with E-state index < -0.39 is 0 Å². The molecule has 2 unspecified atom stereocenters. The highest BCUT2D eigenvalue weighted by atomic mass is 127. The SMILES string of the molecule is CCNC(=NCc1ccc(N2CCC(O)CC2)c(F)c1)NC1CCC(SCC)C1.I. The second kappa shape index (κ2) is 13.0. The molecule has 8 heteroatoms. The van der Waals surface area contributed by atoms with Crippen molar-refractivity contribution in [1.29, 1.82) is 0 Å². The molecule has 1 aliphatic carbocycles. The number of rotatable bonds is 7. The van der Waals surface area contributed by atoms with Gasteiger partial charge in [0.25, 0.3) is 0 Å². The second-order valence-corrected chi connectivity index (χ2v) is 9.51. The van der Waals surface area contributed by atoms with E-state index in [1.807, 2.05) is 28.8 Å². The Morgan fingerprint density at radius 3 is 2.67 bits per heavy atom. The number of hydrogen-bond acceptors (Lipinski definition) is 4. The number of nitrogens with zero attached hydrogens (tertiary/aromatic N) is 2. The molecular formula is C22H36FIN4OS. The number of aliphatic hydroxyl groups excluding tert-OH is 1. The molecule has 0 amide bonds. The molecule has 3 N–H and O–H groups in total.